The monoisotopic (exact) mass is 386 g/mol. The Bertz CT molecular complexity index is 741. The van der Waals surface area contributed by atoms with Crippen LogP contribution in [0.1, 0.15) is 37.6 Å². The third-order valence-corrected chi connectivity index (χ3v) is 5.81. The normalized spacial score (nSPS) is 22.0. The first-order chi connectivity index (χ1) is 13.7. The number of methoxy groups -OCH3 is 1. The van der Waals surface area contributed by atoms with E-state index in [1.54, 1.807) is 13.3 Å². The SMILES string of the molecule is COCCNc1ccc(-c2noc([C@@H]3CCCN3C3CCN(C)CC3)n2)cn1. The Balaban J connectivity index is 1.42. The second-order valence-corrected chi connectivity index (χ2v) is 7.74. The number of hydrogen-bond acceptors (Lipinski definition) is 8. The van der Waals surface area contributed by atoms with E-state index >= 15 is 0 Å². The van der Waals surface area contributed by atoms with E-state index in [1.165, 1.54) is 32.4 Å². The van der Waals surface area contributed by atoms with Crippen molar-refractivity contribution >= 4 is 5.82 Å². The molecule has 1 N–H and O–H groups in total. The number of pyridine rings is 1. The predicted molar refractivity (Wildman–Crippen MR) is 107 cm³/mol. The molecule has 0 bridgehead atoms. The van der Waals surface area contributed by atoms with E-state index < -0.39 is 0 Å². The largest absolute Gasteiger partial charge is 0.383 e. The van der Waals surface area contributed by atoms with Gasteiger partial charge in [-0.2, -0.15) is 4.98 Å². The third kappa shape index (κ3) is 4.34. The molecule has 0 aliphatic carbocycles. The number of aromatic nitrogens is 3. The molecule has 0 spiro atoms. The van der Waals surface area contributed by atoms with Crippen molar-refractivity contribution in [2.45, 2.75) is 37.8 Å². The van der Waals surface area contributed by atoms with Crippen LogP contribution in [0.3, 0.4) is 0 Å². The zero-order chi connectivity index (χ0) is 19.3. The van der Waals surface area contributed by atoms with Crippen molar-refractivity contribution in [1.82, 2.24) is 24.9 Å². The molecule has 8 nitrogen and oxygen atoms in total. The molecule has 8 heteroatoms. The summed E-state index contributed by atoms with van der Waals surface area (Å²) in [6.45, 7) is 4.83. The van der Waals surface area contributed by atoms with Crippen LogP contribution >= 0.6 is 0 Å². The fourth-order valence-electron chi connectivity index (χ4n) is 4.22. The van der Waals surface area contributed by atoms with Crippen LogP contribution < -0.4 is 5.32 Å². The third-order valence-electron chi connectivity index (χ3n) is 5.81. The highest BCUT2D eigenvalue weighted by molar-refractivity contribution is 5.55. The lowest BCUT2D eigenvalue weighted by molar-refractivity contribution is 0.0958. The Kier molecular flexibility index (Phi) is 6.19. The van der Waals surface area contributed by atoms with Crippen LogP contribution in [0.15, 0.2) is 22.9 Å². The van der Waals surface area contributed by atoms with E-state index in [-0.39, 0.29) is 6.04 Å². The first kappa shape index (κ1) is 19.3. The van der Waals surface area contributed by atoms with Gasteiger partial charge >= 0.3 is 0 Å². The number of hydrogen-bond donors (Lipinski definition) is 1. The Morgan fingerprint density at radius 2 is 2.07 bits per heavy atom. The van der Waals surface area contributed by atoms with Crippen molar-refractivity contribution < 1.29 is 9.26 Å². The molecule has 2 aliphatic heterocycles. The van der Waals surface area contributed by atoms with E-state index in [0.29, 0.717) is 18.5 Å². The van der Waals surface area contributed by atoms with Gasteiger partial charge in [-0.05, 0) is 64.5 Å². The molecule has 4 rings (SSSR count). The standard InChI is InChI=1S/C20H30N6O2/c1-25-11-7-16(8-12-25)26-10-3-4-17(26)20-23-19(24-28-20)15-5-6-18(22-14-15)21-9-13-27-2/h5-6,14,16-17H,3-4,7-13H2,1-2H3,(H,21,22)/t17-/m0/s1. The highest BCUT2D eigenvalue weighted by Gasteiger charge is 2.36. The lowest BCUT2D eigenvalue weighted by atomic mass is 10.0. The number of ether oxygens (including phenoxy) is 1. The zero-order valence-electron chi connectivity index (χ0n) is 16.8. The first-order valence-electron chi connectivity index (χ1n) is 10.2. The molecule has 0 amide bonds. The Labute approximate surface area is 166 Å². The summed E-state index contributed by atoms with van der Waals surface area (Å²) in [7, 11) is 3.89. The van der Waals surface area contributed by atoms with Gasteiger partial charge in [0.2, 0.25) is 11.7 Å². The number of nitrogens with zero attached hydrogens (tertiary/aromatic N) is 5. The quantitative estimate of drug-likeness (QED) is 0.727. The van der Waals surface area contributed by atoms with Crippen molar-refractivity contribution in [3.8, 4) is 11.4 Å². The molecule has 2 aromatic heterocycles. The average molecular weight is 387 g/mol. The summed E-state index contributed by atoms with van der Waals surface area (Å²) in [5, 5.41) is 7.44. The minimum absolute atomic E-state index is 0.248. The molecule has 1 atom stereocenters. The topological polar surface area (TPSA) is 79.5 Å². The molecule has 2 aromatic rings. The first-order valence-corrected chi connectivity index (χ1v) is 10.2. The van der Waals surface area contributed by atoms with Gasteiger partial charge < -0.3 is 19.5 Å². The van der Waals surface area contributed by atoms with Crippen LogP contribution in [-0.2, 0) is 4.74 Å². The molecule has 0 unspecified atom stereocenters. The molecule has 28 heavy (non-hydrogen) atoms. The van der Waals surface area contributed by atoms with Crippen LogP contribution in [0.2, 0.25) is 0 Å². The number of nitrogens with one attached hydrogen (secondary N) is 1. The molecular formula is C20H30N6O2. The summed E-state index contributed by atoms with van der Waals surface area (Å²) in [5.74, 6) is 2.17. The molecule has 152 valence electrons. The van der Waals surface area contributed by atoms with Gasteiger partial charge in [0.05, 0.1) is 12.6 Å². The van der Waals surface area contributed by atoms with E-state index in [1.807, 2.05) is 12.1 Å². The summed E-state index contributed by atoms with van der Waals surface area (Å²) in [5.41, 5.74) is 0.871. The highest BCUT2D eigenvalue weighted by atomic mass is 16.5. The van der Waals surface area contributed by atoms with Gasteiger partial charge in [-0.1, -0.05) is 5.16 Å². The molecule has 2 aliphatic rings. The van der Waals surface area contributed by atoms with Crippen molar-refractivity contribution in [2.75, 3.05) is 52.3 Å². The van der Waals surface area contributed by atoms with Crippen molar-refractivity contribution in [3.63, 3.8) is 0 Å². The second kappa shape index (κ2) is 8.98. The Hall–Kier alpha value is -2.03. The Morgan fingerprint density at radius 3 is 2.82 bits per heavy atom. The van der Waals surface area contributed by atoms with E-state index in [0.717, 1.165) is 36.8 Å². The summed E-state index contributed by atoms with van der Waals surface area (Å²) in [6.07, 6.45) is 6.50. The van der Waals surface area contributed by atoms with Crippen LogP contribution in [0.25, 0.3) is 11.4 Å². The molecule has 0 saturated carbocycles. The van der Waals surface area contributed by atoms with Gasteiger partial charge in [-0.3, -0.25) is 4.90 Å². The molecular weight excluding hydrogens is 356 g/mol. The zero-order valence-corrected chi connectivity index (χ0v) is 16.8. The number of anilines is 1. The fourth-order valence-corrected chi connectivity index (χ4v) is 4.22. The predicted octanol–water partition coefficient (Wildman–Crippen LogP) is 2.42. The van der Waals surface area contributed by atoms with Crippen molar-refractivity contribution in [3.05, 3.63) is 24.2 Å². The highest BCUT2D eigenvalue weighted by Crippen LogP contribution is 2.36. The van der Waals surface area contributed by atoms with E-state index in [9.17, 15) is 0 Å². The second-order valence-electron chi connectivity index (χ2n) is 7.74. The molecule has 2 fully saturated rings. The minimum atomic E-state index is 0.248. The maximum absolute atomic E-state index is 5.68. The maximum Gasteiger partial charge on any atom is 0.244 e. The van der Waals surface area contributed by atoms with Crippen LogP contribution in [-0.4, -0.2) is 77.9 Å². The van der Waals surface area contributed by atoms with Crippen LogP contribution in [0.5, 0.6) is 0 Å². The summed E-state index contributed by atoms with van der Waals surface area (Å²) < 4.78 is 10.7. The van der Waals surface area contributed by atoms with Gasteiger partial charge in [0.25, 0.3) is 0 Å². The van der Waals surface area contributed by atoms with Gasteiger partial charge in [0.1, 0.15) is 5.82 Å². The summed E-state index contributed by atoms with van der Waals surface area (Å²) in [4.78, 5) is 14.1. The number of likely N-dealkylation sites (tertiary alicyclic amines) is 2. The van der Waals surface area contributed by atoms with E-state index in [4.69, 9.17) is 14.2 Å². The lowest BCUT2D eigenvalue weighted by Gasteiger charge is -2.37. The summed E-state index contributed by atoms with van der Waals surface area (Å²) in [6, 6.07) is 4.78. The van der Waals surface area contributed by atoms with Gasteiger partial charge in [0.15, 0.2) is 0 Å². The molecule has 0 aromatic carbocycles. The molecule has 0 radical (unpaired) electrons. The van der Waals surface area contributed by atoms with E-state index in [2.05, 4.69) is 32.3 Å². The fraction of sp³-hybridized carbons (Fsp3) is 0.650. The van der Waals surface area contributed by atoms with Crippen molar-refractivity contribution in [2.24, 2.45) is 0 Å². The van der Waals surface area contributed by atoms with Gasteiger partial charge in [0, 0.05) is 31.5 Å². The average Bonchev–Trinajstić information content (AvgIpc) is 3.39. The van der Waals surface area contributed by atoms with Crippen LogP contribution in [0, 0.1) is 0 Å². The molecule has 4 heterocycles. The van der Waals surface area contributed by atoms with Crippen LogP contribution in [0.4, 0.5) is 5.82 Å². The van der Waals surface area contributed by atoms with Gasteiger partial charge in [-0.15, -0.1) is 0 Å². The van der Waals surface area contributed by atoms with Crippen molar-refractivity contribution in [1.29, 1.82) is 0 Å². The smallest absolute Gasteiger partial charge is 0.244 e. The number of piperidine rings is 1. The summed E-state index contributed by atoms with van der Waals surface area (Å²) >= 11 is 0. The minimum Gasteiger partial charge on any atom is -0.383 e. The maximum atomic E-state index is 5.68. The Morgan fingerprint density at radius 1 is 1.21 bits per heavy atom. The number of rotatable bonds is 7. The lowest BCUT2D eigenvalue weighted by Crippen LogP contribution is -2.43. The van der Waals surface area contributed by atoms with Gasteiger partial charge in [-0.25, -0.2) is 4.98 Å². The molecule has 2 saturated heterocycles.